The van der Waals surface area contributed by atoms with E-state index in [1.54, 1.807) is 22.4 Å². The maximum atomic E-state index is 13.3. The van der Waals surface area contributed by atoms with E-state index in [0.717, 1.165) is 42.9 Å². The second-order valence-corrected chi connectivity index (χ2v) is 11.1. The summed E-state index contributed by atoms with van der Waals surface area (Å²) in [6, 6.07) is 12.3. The first-order valence-corrected chi connectivity index (χ1v) is 13.5. The summed E-state index contributed by atoms with van der Waals surface area (Å²) in [5.41, 5.74) is 11.1. The number of carbonyl (C=O) groups is 1. The van der Waals surface area contributed by atoms with Crippen LogP contribution in [-0.2, 0) is 6.54 Å². The van der Waals surface area contributed by atoms with Crippen molar-refractivity contribution in [2.75, 3.05) is 26.2 Å². The first-order valence-electron chi connectivity index (χ1n) is 12.6. The molecule has 2 unspecified atom stereocenters. The van der Waals surface area contributed by atoms with E-state index in [-0.39, 0.29) is 12.1 Å². The molecule has 4 N–H and O–H groups in total. The van der Waals surface area contributed by atoms with Crippen molar-refractivity contribution in [3.8, 4) is 0 Å². The number of amides is 2. The van der Waals surface area contributed by atoms with Gasteiger partial charge in [0.2, 0.25) is 0 Å². The molecular formula is C28H34N6OS. The molecule has 2 aliphatic rings. The highest BCUT2D eigenvalue weighted by Gasteiger charge is 2.30. The predicted octanol–water partition coefficient (Wildman–Crippen LogP) is 4.51. The van der Waals surface area contributed by atoms with E-state index in [4.69, 9.17) is 11.1 Å². The number of piperidine rings is 1. The van der Waals surface area contributed by atoms with Gasteiger partial charge in [-0.25, -0.2) is 4.79 Å². The van der Waals surface area contributed by atoms with Gasteiger partial charge in [-0.1, -0.05) is 25.1 Å². The largest absolute Gasteiger partial charge is 0.402 e. The molecule has 2 aromatic heterocycles. The minimum atomic E-state index is -0.0706. The van der Waals surface area contributed by atoms with Gasteiger partial charge in [0.05, 0.1) is 12.3 Å². The Kier molecular flexibility index (Phi) is 7.07. The van der Waals surface area contributed by atoms with Crippen LogP contribution in [0.2, 0.25) is 0 Å². The Balaban J connectivity index is 1.23. The van der Waals surface area contributed by atoms with Crippen molar-refractivity contribution in [3.05, 3.63) is 76.1 Å². The van der Waals surface area contributed by atoms with Gasteiger partial charge >= 0.3 is 6.03 Å². The lowest BCUT2D eigenvalue weighted by Crippen LogP contribution is -2.54. The van der Waals surface area contributed by atoms with E-state index < -0.39 is 0 Å². The summed E-state index contributed by atoms with van der Waals surface area (Å²) in [7, 11) is 0. The molecule has 8 heteroatoms. The van der Waals surface area contributed by atoms with Crippen LogP contribution < -0.4 is 11.1 Å². The normalized spacial score (nSPS) is 21.1. The summed E-state index contributed by atoms with van der Waals surface area (Å²) in [6.07, 6.45) is 3.25. The van der Waals surface area contributed by atoms with Crippen LogP contribution in [0.15, 0.2) is 59.2 Å². The number of benzene rings is 1. The first kappa shape index (κ1) is 24.5. The topological polar surface area (TPSA) is 98.3 Å². The van der Waals surface area contributed by atoms with Crippen LogP contribution in [0.5, 0.6) is 0 Å². The van der Waals surface area contributed by atoms with Crippen molar-refractivity contribution >= 4 is 33.2 Å². The lowest BCUT2D eigenvalue weighted by molar-refractivity contribution is 0.136. The van der Waals surface area contributed by atoms with Crippen LogP contribution in [0, 0.1) is 18.3 Å². The van der Waals surface area contributed by atoms with Gasteiger partial charge in [0.25, 0.3) is 0 Å². The fourth-order valence-corrected chi connectivity index (χ4v) is 6.38. The Morgan fingerprint density at radius 3 is 2.94 bits per heavy atom. The number of aryl methyl sites for hydroxylation is 1. The van der Waals surface area contributed by atoms with Gasteiger partial charge in [-0.2, -0.15) is 0 Å². The molecule has 36 heavy (non-hydrogen) atoms. The van der Waals surface area contributed by atoms with Crippen molar-refractivity contribution in [2.45, 2.75) is 39.3 Å². The summed E-state index contributed by atoms with van der Waals surface area (Å²) in [4.78, 5) is 21.8. The zero-order valence-corrected chi connectivity index (χ0v) is 21.8. The number of nitrogens with zero attached hydrogens (tertiary/aromatic N) is 3. The van der Waals surface area contributed by atoms with Gasteiger partial charge < -0.3 is 16.0 Å². The standard InChI is InChI=1S/C28H34N6OS/c1-18-11-22(15-33(13-18)14-21-17-36-26-6-4-3-5-23(21)26)32-28(35)34-10-8-25(29)24(16-34)27(30)20-7-9-31-19(2)12-20/h3-7,9,12,17-18,22,30H,8,10-11,13-16,29H2,1-2H3,(H,32,35). The number of nitrogens with one attached hydrogen (secondary N) is 2. The molecule has 0 saturated carbocycles. The van der Waals surface area contributed by atoms with E-state index in [2.05, 4.69) is 51.8 Å². The molecule has 2 aliphatic heterocycles. The highest BCUT2D eigenvalue weighted by molar-refractivity contribution is 7.17. The summed E-state index contributed by atoms with van der Waals surface area (Å²) in [5, 5.41) is 15.6. The Hall–Kier alpha value is -3.23. The fourth-order valence-electron chi connectivity index (χ4n) is 5.42. The minimum absolute atomic E-state index is 0.0706. The third-order valence-electron chi connectivity index (χ3n) is 7.18. The Labute approximate surface area is 216 Å². The fraction of sp³-hybridized carbons (Fsp3) is 0.393. The van der Waals surface area contributed by atoms with E-state index in [1.807, 2.05) is 19.1 Å². The molecule has 7 nitrogen and oxygen atoms in total. The smallest absolute Gasteiger partial charge is 0.317 e. The average molecular weight is 503 g/mol. The van der Waals surface area contributed by atoms with E-state index in [9.17, 15) is 4.79 Å². The lowest BCUT2D eigenvalue weighted by Gasteiger charge is -2.38. The van der Waals surface area contributed by atoms with Gasteiger partial charge in [-0.05, 0) is 53.8 Å². The second-order valence-electron chi connectivity index (χ2n) is 10.2. The molecule has 2 atom stereocenters. The molecule has 1 fully saturated rings. The van der Waals surface area contributed by atoms with E-state index in [1.165, 1.54) is 15.6 Å². The van der Waals surface area contributed by atoms with Crippen LogP contribution in [0.1, 0.15) is 36.6 Å². The second kappa shape index (κ2) is 10.4. The zero-order valence-electron chi connectivity index (χ0n) is 21.0. The van der Waals surface area contributed by atoms with Crippen LogP contribution >= 0.6 is 11.3 Å². The summed E-state index contributed by atoms with van der Waals surface area (Å²) in [6.45, 7) is 7.86. The van der Waals surface area contributed by atoms with Crippen molar-refractivity contribution in [1.82, 2.24) is 20.1 Å². The minimum Gasteiger partial charge on any atom is -0.402 e. The predicted molar refractivity (Wildman–Crippen MR) is 146 cm³/mol. The van der Waals surface area contributed by atoms with Crippen molar-refractivity contribution in [2.24, 2.45) is 11.7 Å². The summed E-state index contributed by atoms with van der Waals surface area (Å²) in [5.74, 6) is 0.504. The summed E-state index contributed by atoms with van der Waals surface area (Å²) >= 11 is 1.80. The molecular weight excluding hydrogens is 468 g/mol. The monoisotopic (exact) mass is 502 g/mol. The van der Waals surface area contributed by atoms with Crippen LogP contribution in [0.3, 0.4) is 0 Å². The number of hydrogen-bond donors (Lipinski definition) is 3. The molecule has 0 spiro atoms. The zero-order chi connectivity index (χ0) is 25.2. The van der Waals surface area contributed by atoms with Crippen LogP contribution in [0.4, 0.5) is 4.79 Å². The number of aromatic nitrogens is 1. The summed E-state index contributed by atoms with van der Waals surface area (Å²) < 4.78 is 1.32. The third-order valence-corrected chi connectivity index (χ3v) is 8.19. The van der Waals surface area contributed by atoms with Gasteiger partial charge in [-0.3, -0.25) is 15.3 Å². The number of thiophene rings is 1. The van der Waals surface area contributed by atoms with E-state index in [0.29, 0.717) is 36.8 Å². The number of rotatable bonds is 5. The Bertz CT molecular complexity index is 1310. The van der Waals surface area contributed by atoms with Gasteiger partial charge in [0, 0.05) is 72.1 Å². The number of nitrogens with two attached hydrogens (primary N) is 1. The number of carbonyl (C=O) groups excluding carboxylic acids is 1. The van der Waals surface area contributed by atoms with Crippen LogP contribution in [0.25, 0.3) is 10.1 Å². The molecule has 1 saturated heterocycles. The van der Waals surface area contributed by atoms with Gasteiger partial charge in [-0.15, -0.1) is 11.3 Å². The number of fused-ring (bicyclic) bond motifs is 1. The number of hydrogen-bond acceptors (Lipinski definition) is 6. The highest BCUT2D eigenvalue weighted by atomic mass is 32.1. The highest BCUT2D eigenvalue weighted by Crippen LogP contribution is 2.28. The maximum absolute atomic E-state index is 13.3. The molecule has 4 heterocycles. The Morgan fingerprint density at radius 2 is 2.11 bits per heavy atom. The van der Waals surface area contributed by atoms with Crippen molar-refractivity contribution in [3.63, 3.8) is 0 Å². The molecule has 0 bridgehead atoms. The molecule has 2 amide bonds. The lowest BCUT2D eigenvalue weighted by atomic mass is 9.95. The van der Waals surface area contributed by atoms with E-state index >= 15 is 0 Å². The van der Waals surface area contributed by atoms with Crippen molar-refractivity contribution in [1.29, 1.82) is 5.41 Å². The van der Waals surface area contributed by atoms with Gasteiger partial charge in [0.15, 0.2) is 0 Å². The van der Waals surface area contributed by atoms with Crippen molar-refractivity contribution < 1.29 is 4.79 Å². The number of likely N-dealkylation sites (tertiary alicyclic amines) is 1. The molecule has 0 aliphatic carbocycles. The van der Waals surface area contributed by atoms with Crippen LogP contribution in [-0.4, -0.2) is 58.7 Å². The SMILES string of the molecule is Cc1cc(C(=N)C2=C(N)CCN(C(=O)NC3CC(C)CN(Cc4csc5ccccc45)C3)C2)ccn1. The maximum Gasteiger partial charge on any atom is 0.317 e. The molecule has 3 aromatic rings. The molecule has 1 aromatic carbocycles. The quantitative estimate of drug-likeness (QED) is 0.447. The Morgan fingerprint density at radius 1 is 1.28 bits per heavy atom. The van der Waals surface area contributed by atoms with Gasteiger partial charge in [0.1, 0.15) is 0 Å². The third kappa shape index (κ3) is 5.29. The number of urea groups is 1. The first-order chi connectivity index (χ1) is 17.4. The molecule has 0 radical (unpaired) electrons. The average Bonchev–Trinajstić information content (AvgIpc) is 3.26. The number of pyridine rings is 1. The molecule has 5 rings (SSSR count). The molecule has 188 valence electrons.